The molecule has 1 unspecified atom stereocenters. The number of halogens is 1. The molecule has 0 spiro atoms. The van der Waals surface area contributed by atoms with Gasteiger partial charge in [-0.3, -0.25) is 0 Å². The molecule has 2 rings (SSSR count). The summed E-state index contributed by atoms with van der Waals surface area (Å²) in [6.07, 6.45) is 5.89. The fraction of sp³-hybridized carbons (Fsp3) is 0.625. The number of rotatable bonds is 5. The first-order valence-electron chi connectivity index (χ1n) is 7.23. The molecule has 1 aliphatic carbocycles. The molecule has 1 N–H and O–H groups in total. The van der Waals surface area contributed by atoms with Crippen molar-refractivity contribution in [1.29, 1.82) is 0 Å². The maximum absolute atomic E-state index is 10.7. The second kappa shape index (κ2) is 7.04. The number of aliphatic hydroxyl groups is 1. The van der Waals surface area contributed by atoms with Gasteiger partial charge in [0.05, 0.1) is 11.7 Å². The Labute approximate surface area is 129 Å². The van der Waals surface area contributed by atoms with Gasteiger partial charge in [0.2, 0.25) is 0 Å². The monoisotopic (exact) mass is 374 g/mol. The summed E-state index contributed by atoms with van der Waals surface area (Å²) in [6, 6.07) is 8.40. The molecule has 0 bridgehead atoms. The highest BCUT2D eigenvalue weighted by molar-refractivity contribution is 14.1. The first-order chi connectivity index (χ1) is 9.16. The molecular formula is C16H23IO2. The molecule has 0 saturated heterocycles. The standard InChI is InChI=1S/C16H23IO2/c1-2-19-16(10-4-3-5-11-16)15(18)12-13-6-8-14(17)9-7-13/h6-9,15,18H,2-5,10-12H2,1H3. The molecule has 1 aromatic carbocycles. The lowest BCUT2D eigenvalue weighted by molar-refractivity contribution is -0.138. The highest BCUT2D eigenvalue weighted by Gasteiger charge is 2.39. The van der Waals surface area contributed by atoms with Gasteiger partial charge < -0.3 is 9.84 Å². The third kappa shape index (κ3) is 3.92. The van der Waals surface area contributed by atoms with Gasteiger partial charge in [0, 0.05) is 16.6 Å². The molecule has 2 nitrogen and oxygen atoms in total. The lowest BCUT2D eigenvalue weighted by atomic mass is 9.78. The zero-order chi connectivity index (χ0) is 13.7. The fourth-order valence-corrected chi connectivity index (χ4v) is 3.40. The number of ether oxygens (including phenoxy) is 1. The molecule has 19 heavy (non-hydrogen) atoms. The van der Waals surface area contributed by atoms with Gasteiger partial charge in [0.15, 0.2) is 0 Å². The first kappa shape index (κ1) is 15.3. The molecule has 1 fully saturated rings. The lowest BCUT2D eigenvalue weighted by Gasteiger charge is -2.41. The van der Waals surface area contributed by atoms with Gasteiger partial charge in [-0.05, 0) is 60.1 Å². The van der Waals surface area contributed by atoms with E-state index in [4.69, 9.17) is 4.74 Å². The molecule has 0 heterocycles. The summed E-state index contributed by atoms with van der Waals surface area (Å²) in [4.78, 5) is 0. The molecule has 1 atom stereocenters. The van der Waals surface area contributed by atoms with Crippen LogP contribution >= 0.6 is 22.6 Å². The topological polar surface area (TPSA) is 29.5 Å². The smallest absolute Gasteiger partial charge is 0.0943 e. The van der Waals surface area contributed by atoms with Crippen LogP contribution in [0.2, 0.25) is 0 Å². The fourth-order valence-electron chi connectivity index (χ4n) is 3.04. The molecule has 0 aromatic heterocycles. The van der Waals surface area contributed by atoms with E-state index in [2.05, 4.69) is 46.9 Å². The Bertz CT molecular complexity index is 377. The Morgan fingerprint density at radius 2 is 1.84 bits per heavy atom. The SMILES string of the molecule is CCOC1(C(O)Cc2ccc(I)cc2)CCCCC1. The van der Waals surface area contributed by atoms with Gasteiger partial charge in [0.1, 0.15) is 0 Å². The van der Waals surface area contributed by atoms with E-state index in [0.29, 0.717) is 13.0 Å². The quantitative estimate of drug-likeness (QED) is 0.792. The summed E-state index contributed by atoms with van der Waals surface area (Å²) in [5, 5.41) is 10.7. The number of hydrogen-bond donors (Lipinski definition) is 1. The molecule has 1 aliphatic rings. The van der Waals surface area contributed by atoms with Crippen molar-refractivity contribution in [2.45, 2.75) is 57.2 Å². The predicted octanol–water partition coefficient (Wildman–Crippen LogP) is 3.93. The second-order valence-corrected chi connectivity index (χ2v) is 6.65. The molecule has 0 amide bonds. The van der Waals surface area contributed by atoms with Gasteiger partial charge in [-0.15, -0.1) is 0 Å². The highest BCUT2D eigenvalue weighted by Crippen LogP contribution is 2.35. The van der Waals surface area contributed by atoms with Crippen molar-refractivity contribution in [1.82, 2.24) is 0 Å². The van der Waals surface area contributed by atoms with Crippen molar-refractivity contribution in [3.05, 3.63) is 33.4 Å². The van der Waals surface area contributed by atoms with E-state index in [1.807, 2.05) is 6.92 Å². The number of hydrogen-bond acceptors (Lipinski definition) is 2. The van der Waals surface area contributed by atoms with E-state index >= 15 is 0 Å². The van der Waals surface area contributed by atoms with E-state index in [9.17, 15) is 5.11 Å². The average molecular weight is 374 g/mol. The van der Waals surface area contributed by atoms with Crippen LogP contribution in [0.25, 0.3) is 0 Å². The maximum atomic E-state index is 10.7. The molecular weight excluding hydrogens is 351 g/mol. The van der Waals surface area contributed by atoms with Crippen molar-refractivity contribution >= 4 is 22.6 Å². The highest BCUT2D eigenvalue weighted by atomic mass is 127. The van der Waals surface area contributed by atoms with Gasteiger partial charge in [-0.25, -0.2) is 0 Å². The van der Waals surface area contributed by atoms with Crippen LogP contribution in [-0.4, -0.2) is 23.4 Å². The maximum Gasteiger partial charge on any atom is 0.0943 e. The van der Waals surface area contributed by atoms with Crippen LogP contribution in [0.3, 0.4) is 0 Å². The van der Waals surface area contributed by atoms with E-state index < -0.39 is 6.10 Å². The predicted molar refractivity (Wildman–Crippen MR) is 86.3 cm³/mol. The summed E-state index contributed by atoms with van der Waals surface area (Å²) >= 11 is 2.30. The second-order valence-electron chi connectivity index (χ2n) is 5.40. The molecule has 1 saturated carbocycles. The van der Waals surface area contributed by atoms with E-state index in [0.717, 1.165) is 12.8 Å². The van der Waals surface area contributed by atoms with Gasteiger partial charge in [-0.2, -0.15) is 0 Å². The van der Waals surface area contributed by atoms with Crippen molar-refractivity contribution in [3.8, 4) is 0 Å². The summed E-state index contributed by atoms with van der Waals surface area (Å²) in [5.74, 6) is 0. The number of aliphatic hydroxyl groups excluding tert-OH is 1. The van der Waals surface area contributed by atoms with Gasteiger partial charge in [-0.1, -0.05) is 31.4 Å². The minimum atomic E-state index is -0.396. The lowest BCUT2D eigenvalue weighted by Crippen LogP contribution is -2.47. The summed E-state index contributed by atoms with van der Waals surface area (Å²) < 4.78 is 7.21. The van der Waals surface area contributed by atoms with Crippen LogP contribution < -0.4 is 0 Å². The van der Waals surface area contributed by atoms with Crippen LogP contribution in [0.4, 0.5) is 0 Å². The molecule has 3 heteroatoms. The van der Waals surface area contributed by atoms with Crippen molar-refractivity contribution < 1.29 is 9.84 Å². The summed E-state index contributed by atoms with van der Waals surface area (Å²) in [5.41, 5.74) is 0.883. The molecule has 0 radical (unpaired) electrons. The van der Waals surface area contributed by atoms with Crippen LogP contribution in [-0.2, 0) is 11.2 Å². The largest absolute Gasteiger partial charge is 0.390 e. The Morgan fingerprint density at radius 1 is 1.21 bits per heavy atom. The third-order valence-electron chi connectivity index (χ3n) is 4.08. The van der Waals surface area contributed by atoms with Crippen molar-refractivity contribution in [2.24, 2.45) is 0 Å². The molecule has 106 valence electrons. The van der Waals surface area contributed by atoms with Crippen molar-refractivity contribution in [3.63, 3.8) is 0 Å². The summed E-state index contributed by atoms with van der Waals surface area (Å²) in [7, 11) is 0. The van der Waals surface area contributed by atoms with E-state index in [1.165, 1.54) is 28.4 Å². The summed E-state index contributed by atoms with van der Waals surface area (Å²) in [6.45, 7) is 2.71. The average Bonchev–Trinajstić information content (AvgIpc) is 2.43. The Hall–Kier alpha value is -0.130. The molecule has 0 aliphatic heterocycles. The Kier molecular flexibility index (Phi) is 5.66. The zero-order valence-electron chi connectivity index (χ0n) is 11.6. The van der Waals surface area contributed by atoms with Gasteiger partial charge in [0.25, 0.3) is 0 Å². The normalized spacial score (nSPS) is 20.2. The first-order valence-corrected chi connectivity index (χ1v) is 8.30. The minimum absolute atomic E-state index is 0.310. The van der Waals surface area contributed by atoms with E-state index in [1.54, 1.807) is 0 Å². The Balaban J connectivity index is 2.06. The molecule has 1 aromatic rings. The van der Waals surface area contributed by atoms with Crippen LogP contribution in [0, 0.1) is 3.57 Å². The van der Waals surface area contributed by atoms with Crippen LogP contribution in [0.5, 0.6) is 0 Å². The number of benzene rings is 1. The third-order valence-corrected chi connectivity index (χ3v) is 4.80. The van der Waals surface area contributed by atoms with Crippen LogP contribution in [0.1, 0.15) is 44.6 Å². The van der Waals surface area contributed by atoms with Gasteiger partial charge >= 0.3 is 0 Å². The van der Waals surface area contributed by atoms with E-state index in [-0.39, 0.29) is 5.60 Å². The minimum Gasteiger partial charge on any atom is -0.390 e. The zero-order valence-corrected chi connectivity index (χ0v) is 13.7. The van der Waals surface area contributed by atoms with Crippen molar-refractivity contribution in [2.75, 3.05) is 6.61 Å². The van der Waals surface area contributed by atoms with Crippen LogP contribution in [0.15, 0.2) is 24.3 Å². The Morgan fingerprint density at radius 3 is 2.42 bits per heavy atom.